The lowest BCUT2D eigenvalue weighted by molar-refractivity contribution is -0.137. The Morgan fingerprint density at radius 3 is 2.50 bits per heavy atom. The quantitative estimate of drug-likeness (QED) is 0.444. The number of halogens is 3. The van der Waals surface area contributed by atoms with Crippen LogP contribution in [-0.2, 0) is 11.0 Å². The van der Waals surface area contributed by atoms with Crippen LogP contribution in [0.4, 0.5) is 24.5 Å². The number of carbonyl (C=O) groups is 2. The number of anilines is 2. The van der Waals surface area contributed by atoms with Crippen LogP contribution in [0.2, 0.25) is 0 Å². The second-order valence-electron chi connectivity index (χ2n) is 7.23. The summed E-state index contributed by atoms with van der Waals surface area (Å²) >= 11 is 1.19. The summed E-state index contributed by atoms with van der Waals surface area (Å²) in [6.07, 6.45) is -2.32. The van der Waals surface area contributed by atoms with E-state index in [-0.39, 0.29) is 22.9 Å². The van der Waals surface area contributed by atoms with Gasteiger partial charge in [-0.25, -0.2) is 4.98 Å². The Morgan fingerprint density at radius 2 is 1.78 bits per heavy atom. The second-order valence-corrected chi connectivity index (χ2v) is 8.17. The zero-order valence-electron chi connectivity index (χ0n) is 16.6. The molecular weight excluding hydrogens is 443 g/mol. The van der Waals surface area contributed by atoms with Crippen molar-refractivity contribution in [3.63, 3.8) is 0 Å². The fraction of sp³-hybridized carbons (Fsp3) is 0.238. The molecule has 2 aromatic carbocycles. The van der Waals surface area contributed by atoms with Gasteiger partial charge in [0, 0.05) is 22.9 Å². The molecule has 7 nitrogen and oxygen atoms in total. The lowest BCUT2D eigenvalue weighted by Gasteiger charge is -2.11. The van der Waals surface area contributed by atoms with Crippen LogP contribution in [-0.4, -0.2) is 32.7 Å². The summed E-state index contributed by atoms with van der Waals surface area (Å²) in [5.74, 6) is 0.469. The van der Waals surface area contributed by atoms with Gasteiger partial charge in [-0.15, -0.1) is 5.10 Å². The summed E-state index contributed by atoms with van der Waals surface area (Å²) in [6, 6.07) is 10.5. The van der Waals surface area contributed by atoms with Crippen molar-refractivity contribution < 1.29 is 22.8 Å². The van der Waals surface area contributed by atoms with Crippen molar-refractivity contribution in [3.8, 4) is 0 Å². The SMILES string of the molecule is O=C(CSc1n[nH]c(C2CC2)n1)Nc1cccc(C(=O)Nc2cccc(C(F)(F)F)c2)c1. The highest BCUT2D eigenvalue weighted by Gasteiger charge is 2.30. The number of nitrogens with one attached hydrogen (secondary N) is 3. The molecule has 0 bridgehead atoms. The predicted molar refractivity (Wildman–Crippen MR) is 114 cm³/mol. The zero-order valence-corrected chi connectivity index (χ0v) is 17.4. The third-order valence-corrected chi connectivity index (χ3v) is 5.48. The summed E-state index contributed by atoms with van der Waals surface area (Å²) in [5, 5.41) is 12.6. The number of aromatic amines is 1. The lowest BCUT2D eigenvalue weighted by Crippen LogP contribution is -2.16. The van der Waals surface area contributed by atoms with E-state index in [4.69, 9.17) is 0 Å². The Balaban J connectivity index is 1.34. The van der Waals surface area contributed by atoms with Crippen molar-refractivity contribution in [1.29, 1.82) is 0 Å². The van der Waals surface area contributed by atoms with E-state index in [2.05, 4.69) is 25.8 Å². The summed E-state index contributed by atoms with van der Waals surface area (Å²) in [5.41, 5.74) is -0.256. The van der Waals surface area contributed by atoms with E-state index in [0.29, 0.717) is 16.8 Å². The topological polar surface area (TPSA) is 99.8 Å². The summed E-state index contributed by atoms with van der Waals surface area (Å²) in [6.45, 7) is 0. The molecule has 0 saturated heterocycles. The number of nitrogens with zero attached hydrogens (tertiary/aromatic N) is 2. The molecule has 32 heavy (non-hydrogen) atoms. The minimum Gasteiger partial charge on any atom is -0.325 e. The number of thioether (sulfide) groups is 1. The molecular formula is C21H18F3N5O2S. The molecule has 3 N–H and O–H groups in total. The van der Waals surface area contributed by atoms with E-state index in [1.54, 1.807) is 12.1 Å². The summed E-state index contributed by atoms with van der Waals surface area (Å²) in [4.78, 5) is 29.0. The molecule has 0 spiro atoms. The van der Waals surface area contributed by atoms with E-state index in [1.165, 1.54) is 36.0 Å². The predicted octanol–water partition coefficient (Wildman–Crippen LogP) is 4.68. The highest BCUT2D eigenvalue weighted by atomic mass is 32.2. The van der Waals surface area contributed by atoms with E-state index < -0.39 is 17.6 Å². The molecule has 0 radical (unpaired) electrons. The monoisotopic (exact) mass is 461 g/mol. The van der Waals surface area contributed by atoms with Crippen molar-refractivity contribution in [2.45, 2.75) is 30.1 Å². The molecule has 4 rings (SSSR count). The van der Waals surface area contributed by atoms with Gasteiger partial charge in [0.15, 0.2) is 0 Å². The summed E-state index contributed by atoms with van der Waals surface area (Å²) < 4.78 is 38.5. The Hall–Kier alpha value is -3.34. The van der Waals surface area contributed by atoms with Gasteiger partial charge < -0.3 is 10.6 Å². The highest BCUT2D eigenvalue weighted by Crippen LogP contribution is 2.38. The Kier molecular flexibility index (Phi) is 6.17. The van der Waals surface area contributed by atoms with Crippen molar-refractivity contribution in [2.24, 2.45) is 0 Å². The van der Waals surface area contributed by atoms with Crippen LogP contribution in [0.5, 0.6) is 0 Å². The molecule has 11 heteroatoms. The fourth-order valence-corrected chi connectivity index (χ4v) is 3.51. The first-order valence-corrected chi connectivity index (χ1v) is 10.7. The zero-order chi connectivity index (χ0) is 22.7. The number of hydrogen-bond acceptors (Lipinski definition) is 5. The van der Waals surface area contributed by atoms with Crippen LogP contribution in [0.25, 0.3) is 0 Å². The van der Waals surface area contributed by atoms with Crippen LogP contribution >= 0.6 is 11.8 Å². The lowest BCUT2D eigenvalue weighted by atomic mass is 10.1. The molecule has 166 valence electrons. The largest absolute Gasteiger partial charge is 0.416 e. The third-order valence-electron chi connectivity index (χ3n) is 4.63. The van der Waals surface area contributed by atoms with Crippen LogP contribution < -0.4 is 10.6 Å². The van der Waals surface area contributed by atoms with Gasteiger partial charge in [-0.1, -0.05) is 23.9 Å². The second kappa shape index (κ2) is 9.03. The molecule has 1 aromatic heterocycles. The Labute approximate surface area is 185 Å². The average Bonchev–Trinajstić information content (AvgIpc) is 3.50. The standard InChI is InChI=1S/C21H18F3N5O2S/c22-21(23,24)14-4-2-6-16(10-14)26-19(31)13-3-1-5-15(9-13)25-17(30)11-32-20-27-18(28-29-20)12-7-8-12/h1-6,9-10,12H,7-8,11H2,(H,25,30)(H,26,31)(H,27,28,29). The maximum absolute atomic E-state index is 12.8. The van der Waals surface area contributed by atoms with Crippen molar-refractivity contribution in [3.05, 3.63) is 65.5 Å². The van der Waals surface area contributed by atoms with E-state index >= 15 is 0 Å². The molecule has 1 fully saturated rings. The molecule has 0 atom stereocenters. The molecule has 1 aliphatic rings. The van der Waals surface area contributed by atoms with Gasteiger partial charge in [0.1, 0.15) is 5.82 Å². The van der Waals surface area contributed by atoms with Crippen molar-refractivity contribution in [1.82, 2.24) is 15.2 Å². The smallest absolute Gasteiger partial charge is 0.325 e. The maximum atomic E-state index is 12.8. The number of H-pyrrole nitrogens is 1. The van der Waals surface area contributed by atoms with Gasteiger partial charge in [0.25, 0.3) is 5.91 Å². The number of rotatable bonds is 7. The molecule has 1 aliphatic carbocycles. The van der Waals surface area contributed by atoms with Gasteiger partial charge in [-0.05, 0) is 49.2 Å². The fourth-order valence-electron chi connectivity index (χ4n) is 2.90. The van der Waals surface area contributed by atoms with E-state index in [0.717, 1.165) is 30.8 Å². The van der Waals surface area contributed by atoms with Crippen LogP contribution in [0.15, 0.2) is 53.7 Å². The number of carbonyl (C=O) groups excluding carboxylic acids is 2. The van der Waals surface area contributed by atoms with Gasteiger partial charge in [-0.2, -0.15) is 13.2 Å². The number of alkyl halides is 3. The average molecular weight is 461 g/mol. The molecule has 0 unspecified atom stereocenters. The van der Waals surface area contributed by atoms with Crippen LogP contribution in [0, 0.1) is 0 Å². The first kappa shape index (κ1) is 21.9. The van der Waals surface area contributed by atoms with Crippen molar-refractivity contribution in [2.75, 3.05) is 16.4 Å². The van der Waals surface area contributed by atoms with Crippen LogP contribution in [0.1, 0.15) is 40.5 Å². The number of amides is 2. The molecule has 1 saturated carbocycles. The first-order chi connectivity index (χ1) is 15.3. The normalized spacial score (nSPS) is 13.6. The molecule has 1 heterocycles. The van der Waals surface area contributed by atoms with Gasteiger partial charge in [0.2, 0.25) is 11.1 Å². The van der Waals surface area contributed by atoms with Crippen LogP contribution in [0.3, 0.4) is 0 Å². The maximum Gasteiger partial charge on any atom is 0.416 e. The first-order valence-electron chi connectivity index (χ1n) is 9.71. The van der Waals surface area contributed by atoms with Crippen molar-refractivity contribution >= 4 is 35.0 Å². The molecule has 0 aliphatic heterocycles. The summed E-state index contributed by atoms with van der Waals surface area (Å²) in [7, 11) is 0. The van der Waals surface area contributed by atoms with Gasteiger partial charge in [0.05, 0.1) is 11.3 Å². The number of benzene rings is 2. The molecule has 3 aromatic rings. The number of hydrogen-bond donors (Lipinski definition) is 3. The minimum absolute atomic E-state index is 0.0210. The molecule has 2 amide bonds. The Bertz CT molecular complexity index is 1140. The van der Waals surface area contributed by atoms with E-state index in [9.17, 15) is 22.8 Å². The number of aromatic nitrogens is 3. The van der Waals surface area contributed by atoms with Gasteiger partial charge in [-0.3, -0.25) is 14.7 Å². The van der Waals surface area contributed by atoms with Gasteiger partial charge >= 0.3 is 6.18 Å². The highest BCUT2D eigenvalue weighted by molar-refractivity contribution is 7.99. The van der Waals surface area contributed by atoms with E-state index in [1.807, 2.05) is 0 Å². The minimum atomic E-state index is -4.51. The Morgan fingerprint density at radius 1 is 1.06 bits per heavy atom. The third kappa shape index (κ3) is 5.67.